The molecule has 2 atom stereocenters. The number of hydrogen-bond acceptors (Lipinski definition) is 2. The molecule has 0 radical (unpaired) electrons. The van der Waals surface area contributed by atoms with Crippen molar-refractivity contribution in [2.75, 3.05) is 20.1 Å². The van der Waals surface area contributed by atoms with Gasteiger partial charge in [0.1, 0.15) is 0 Å². The van der Waals surface area contributed by atoms with E-state index < -0.39 is 0 Å². The molecular formula is C17H26IN3O. The van der Waals surface area contributed by atoms with Gasteiger partial charge in [-0.05, 0) is 37.2 Å². The standard InChI is InChI=1S/C17H25N3O.HI/c1-18-17(20-9-7-15(21)8-10-20)19-16-12-14(16)11-13-5-3-2-4-6-13;/h2-6,14-16,21H,7-12H2,1H3,(H,18,19);1H. The molecular weight excluding hydrogens is 389 g/mol. The number of hydrogen-bond donors (Lipinski definition) is 2. The van der Waals surface area contributed by atoms with Crippen molar-refractivity contribution in [1.82, 2.24) is 10.2 Å². The summed E-state index contributed by atoms with van der Waals surface area (Å²) >= 11 is 0. The maximum absolute atomic E-state index is 9.59. The predicted molar refractivity (Wildman–Crippen MR) is 101 cm³/mol. The van der Waals surface area contributed by atoms with E-state index in [0.717, 1.165) is 44.2 Å². The first-order valence-corrected chi connectivity index (χ1v) is 7.96. The number of aliphatic imine (C=N–C) groups is 1. The molecule has 1 aliphatic heterocycles. The molecule has 122 valence electrons. The van der Waals surface area contributed by atoms with Crippen molar-refractivity contribution in [3.05, 3.63) is 35.9 Å². The lowest BCUT2D eigenvalue weighted by Crippen LogP contribution is -2.47. The first-order valence-electron chi connectivity index (χ1n) is 7.96. The zero-order valence-electron chi connectivity index (χ0n) is 13.1. The fourth-order valence-electron chi connectivity index (χ4n) is 3.11. The van der Waals surface area contributed by atoms with Gasteiger partial charge in [0.2, 0.25) is 0 Å². The summed E-state index contributed by atoms with van der Waals surface area (Å²) in [5.41, 5.74) is 1.42. The molecule has 1 saturated carbocycles. The largest absolute Gasteiger partial charge is 0.393 e. The van der Waals surface area contributed by atoms with Gasteiger partial charge in [0.05, 0.1) is 6.10 Å². The molecule has 1 aromatic carbocycles. The first kappa shape index (κ1) is 17.5. The Morgan fingerprint density at radius 3 is 2.59 bits per heavy atom. The van der Waals surface area contributed by atoms with Gasteiger partial charge in [-0.2, -0.15) is 0 Å². The Kier molecular flexibility index (Phi) is 6.50. The summed E-state index contributed by atoms with van der Waals surface area (Å²) < 4.78 is 0. The zero-order valence-corrected chi connectivity index (χ0v) is 15.4. The van der Waals surface area contributed by atoms with Gasteiger partial charge in [0, 0.05) is 26.2 Å². The van der Waals surface area contributed by atoms with Crippen LogP contribution in [0.2, 0.25) is 0 Å². The van der Waals surface area contributed by atoms with Crippen LogP contribution in [0.1, 0.15) is 24.8 Å². The number of halogens is 1. The van der Waals surface area contributed by atoms with Gasteiger partial charge in [-0.25, -0.2) is 0 Å². The molecule has 0 bridgehead atoms. The third-order valence-corrected chi connectivity index (χ3v) is 4.55. The van der Waals surface area contributed by atoms with Gasteiger partial charge in [0.15, 0.2) is 5.96 Å². The fraction of sp³-hybridized carbons (Fsp3) is 0.588. The van der Waals surface area contributed by atoms with Crippen molar-refractivity contribution in [2.45, 2.75) is 37.8 Å². The van der Waals surface area contributed by atoms with Crippen LogP contribution >= 0.6 is 24.0 Å². The van der Waals surface area contributed by atoms with Gasteiger partial charge < -0.3 is 15.3 Å². The second-order valence-electron chi connectivity index (χ2n) is 6.20. The Balaban J connectivity index is 0.00000176. The van der Waals surface area contributed by atoms with E-state index in [1.165, 1.54) is 12.0 Å². The van der Waals surface area contributed by atoms with Crippen molar-refractivity contribution < 1.29 is 5.11 Å². The summed E-state index contributed by atoms with van der Waals surface area (Å²) in [6, 6.07) is 11.2. The Hall–Kier alpha value is -0.820. The summed E-state index contributed by atoms with van der Waals surface area (Å²) in [5.74, 6) is 1.72. The summed E-state index contributed by atoms with van der Waals surface area (Å²) in [5, 5.41) is 13.2. The molecule has 2 N–H and O–H groups in total. The number of rotatable bonds is 3. The lowest BCUT2D eigenvalue weighted by atomic mass is 10.1. The second kappa shape index (κ2) is 8.15. The van der Waals surface area contributed by atoms with Gasteiger partial charge in [-0.15, -0.1) is 24.0 Å². The van der Waals surface area contributed by atoms with Crippen molar-refractivity contribution in [3.63, 3.8) is 0 Å². The van der Waals surface area contributed by atoms with Crippen molar-refractivity contribution in [2.24, 2.45) is 10.9 Å². The molecule has 1 saturated heterocycles. The molecule has 5 heteroatoms. The number of benzene rings is 1. The maximum Gasteiger partial charge on any atom is 0.193 e. The molecule has 1 aromatic rings. The molecule has 4 nitrogen and oxygen atoms in total. The second-order valence-corrected chi connectivity index (χ2v) is 6.20. The fourth-order valence-corrected chi connectivity index (χ4v) is 3.11. The molecule has 3 rings (SSSR count). The van der Waals surface area contributed by atoms with Crippen molar-refractivity contribution >= 4 is 29.9 Å². The molecule has 0 amide bonds. The number of piperidine rings is 1. The van der Waals surface area contributed by atoms with E-state index in [1.54, 1.807) is 0 Å². The number of nitrogens with zero attached hydrogens (tertiary/aromatic N) is 2. The third-order valence-electron chi connectivity index (χ3n) is 4.55. The summed E-state index contributed by atoms with van der Waals surface area (Å²) in [4.78, 5) is 6.68. The molecule has 2 aliphatic rings. The molecule has 2 fully saturated rings. The lowest BCUT2D eigenvalue weighted by molar-refractivity contribution is 0.108. The molecule has 1 heterocycles. The number of nitrogens with one attached hydrogen (secondary N) is 1. The van der Waals surface area contributed by atoms with E-state index in [4.69, 9.17) is 0 Å². The number of likely N-dealkylation sites (tertiary alicyclic amines) is 1. The van der Waals surface area contributed by atoms with Gasteiger partial charge in [0.25, 0.3) is 0 Å². The number of guanidine groups is 1. The van der Waals surface area contributed by atoms with Gasteiger partial charge in [-0.1, -0.05) is 30.3 Å². The van der Waals surface area contributed by atoms with Crippen LogP contribution in [0.15, 0.2) is 35.3 Å². The van der Waals surface area contributed by atoms with E-state index >= 15 is 0 Å². The third kappa shape index (κ3) is 4.59. The average Bonchev–Trinajstić information content (AvgIpc) is 3.24. The average molecular weight is 415 g/mol. The predicted octanol–water partition coefficient (Wildman–Crippen LogP) is 2.27. The van der Waals surface area contributed by atoms with Crippen LogP contribution in [0.25, 0.3) is 0 Å². The molecule has 22 heavy (non-hydrogen) atoms. The van der Waals surface area contributed by atoms with Crippen molar-refractivity contribution in [1.29, 1.82) is 0 Å². The quantitative estimate of drug-likeness (QED) is 0.453. The highest BCUT2D eigenvalue weighted by Crippen LogP contribution is 2.34. The maximum atomic E-state index is 9.59. The van der Waals surface area contributed by atoms with Crippen LogP contribution in [0.3, 0.4) is 0 Å². The van der Waals surface area contributed by atoms with Crippen LogP contribution in [0.4, 0.5) is 0 Å². The van der Waals surface area contributed by atoms with Crippen LogP contribution in [0, 0.1) is 5.92 Å². The zero-order chi connectivity index (χ0) is 14.7. The van der Waals surface area contributed by atoms with E-state index in [9.17, 15) is 5.11 Å². The van der Waals surface area contributed by atoms with Gasteiger partial charge >= 0.3 is 0 Å². The van der Waals surface area contributed by atoms with E-state index in [2.05, 4.69) is 45.5 Å². The minimum Gasteiger partial charge on any atom is -0.393 e. The molecule has 0 aromatic heterocycles. The monoisotopic (exact) mass is 415 g/mol. The van der Waals surface area contributed by atoms with E-state index in [-0.39, 0.29) is 30.1 Å². The first-order chi connectivity index (χ1) is 10.3. The van der Waals surface area contributed by atoms with Crippen LogP contribution in [-0.4, -0.2) is 48.2 Å². The number of aliphatic hydroxyl groups excluding tert-OH is 1. The Bertz CT molecular complexity index is 486. The highest BCUT2D eigenvalue weighted by atomic mass is 127. The Labute approximate surface area is 150 Å². The summed E-state index contributed by atoms with van der Waals surface area (Å²) in [6.45, 7) is 1.80. The normalized spacial score (nSPS) is 25.5. The minimum atomic E-state index is -0.133. The van der Waals surface area contributed by atoms with E-state index in [1.807, 2.05) is 7.05 Å². The topological polar surface area (TPSA) is 47.9 Å². The smallest absolute Gasteiger partial charge is 0.193 e. The molecule has 0 spiro atoms. The Morgan fingerprint density at radius 1 is 1.27 bits per heavy atom. The lowest BCUT2D eigenvalue weighted by Gasteiger charge is -2.32. The SMILES string of the molecule is CN=C(NC1CC1Cc1ccccc1)N1CCC(O)CC1.I. The summed E-state index contributed by atoms with van der Waals surface area (Å²) in [6.07, 6.45) is 3.93. The molecule has 2 unspecified atom stereocenters. The van der Waals surface area contributed by atoms with Crippen LogP contribution < -0.4 is 5.32 Å². The van der Waals surface area contributed by atoms with E-state index in [0.29, 0.717) is 6.04 Å². The minimum absolute atomic E-state index is 0. The highest BCUT2D eigenvalue weighted by molar-refractivity contribution is 14.0. The van der Waals surface area contributed by atoms with Crippen molar-refractivity contribution in [3.8, 4) is 0 Å². The molecule has 1 aliphatic carbocycles. The van der Waals surface area contributed by atoms with Gasteiger partial charge in [-0.3, -0.25) is 4.99 Å². The van der Waals surface area contributed by atoms with Crippen LogP contribution in [-0.2, 0) is 6.42 Å². The van der Waals surface area contributed by atoms with Crippen LogP contribution in [0.5, 0.6) is 0 Å². The number of aliphatic hydroxyl groups is 1. The Morgan fingerprint density at radius 2 is 1.95 bits per heavy atom. The summed E-state index contributed by atoms with van der Waals surface area (Å²) in [7, 11) is 1.85. The highest BCUT2D eigenvalue weighted by Gasteiger charge is 2.38.